The minimum absolute atomic E-state index is 0.0401. The van der Waals surface area contributed by atoms with Gasteiger partial charge in [-0.05, 0) is 29.7 Å². The fourth-order valence-electron chi connectivity index (χ4n) is 2.45. The highest BCUT2D eigenvalue weighted by atomic mass is 19.1. The zero-order chi connectivity index (χ0) is 14.9. The molecular weight excluding hydrogens is 261 g/mol. The van der Waals surface area contributed by atoms with Gasteiger partial charge in [0.1, 0.15) is 11.9 Å². The number of rotatable bonds is 2. The molecule has 6 heteroatoms. The lowest BCUT2D eigenvalue weighted by Crippen LogP contribution is -2.50. The van der Waals surface area contributed by atoms with Crippen molar-refractivity contribution in [2.45, 2.75) is 32.9 Å². The molecule has 1 aromatic carbocycles. The van der Waals surface area contributed by atoms with Crippen LogP contribution in [0.25, 0.3) is 0 Å². The first-order chi connectivity index (χ1) is 9.43. The molecule has 5 nitrogen and oxygen atoms in total. The maximum atomic E-state index is 13.3. The number of amides is 3. The smallest absolute Gasteiger partial charge is 0.315 e. The van der Waals surface area contributed by atoms with E-state index in [4.69, 9.17) is 5.73 Å². The minimum Gasteiger partial charge on any atom is -0.351 e. The Balaban J connectivity index is 2.45. The van der Waals surface area contributed by atoms with Crippen molar-refractivity contribution in [3.8, 4) is 0 Å². The normalized spacial score (nSPS) is 19.9. The Labute approximate surface area is 116 Å². The number of carbonyl (C=O) groups excluding carboxylic acids is 2. The molecule has 0 spiro atoms. The topological polar surface area (TPSA) is 75.4 Å². The molecule has 2 rings (SSSR count). The van der Waals surface area contributed by atoms with Crippen LogP contribution in [0.2, 0.25) is 0 Å². The first-order valence-corrected chi connectivity index (χ1v) is 6.59. The van der Waals surface area contributed by atoms with Gasteiger partial charge in [-0.15, -0.1) is 0 Å². The van der Waals surface area contributed by atoms with E-state index in [1.807, 2.05) is 13.8 Å². The van der Waals surface area contributed by atoms with Gasteiger partial charge in [0.2, 0.25) is 5.91 Å². The number of nitrogens with zero attached hydrogens (tertiary/aromatic N) is 1. The van der Waals surface area contributed by atoms with Gasteiger partial charge in [0.15, 0.2) is 0 Å². The first-order valence-electron chi connectivity index (χ1n) is 6.59. The number of halogens is 1. The second kappa shape index (κ2) is 5.48. The fraction of sp³-hybridized carbons (Fsp3) is 0.429. The molecule has 1 heterocycles. The van der Waals surface area contributed by atoms with E-state index in [1.54, 1.807) is 0 Å². The van der Waals surface area contributed by atoms with Gasteiger partial charge in [-0.3, -0.25) is 4.79 Å². The largest absolute Gasteiger partial charge is 0.351 e. The molecule has 1 aromatic rings. The van der Waals surface area contributed by atoms with Gasteiger partial charge in [0, 0.05) is 5.69 Å². The van der Waals surface area contributed by atoms with Crippen molar-refractivity contribution in [3.63, 3.8) is 0 Å². The number of carbonyl (C=O) groups is 2. The number of primary amides is 1. The standard InChI is InChI=1S/C14H18FN3O2/c1-3-8(2)12-13(19)17-11-5-4-10(15)6-9(11)7-18(12)14(16)20/h4-6,8,12H,3,7H2,1-2H3,(H2,16,20)(H,17,19)/t8-,12-/m0/s1. The van der Waals surface area contributed by atoms with Crippen molar-refractivity contribution >= 4 is 17.6 Å². The second-order valence-electron chi connectivity index (χ2n) is 5.09. The molecule has 0 saturated heterocycles. The predicted molar refractivity (Wildman–Crippen MR) is 73.4 cm³/mol. The van der Waals surface area contributed by atoms with Crippen LogP contribution in [0.5, 0.6) is 0 Å². The van der Waals surface area contributed by atoms with Gasteiger partial charge in [-0.25, -0.2) is 9.18 Å². The third-order valence-corrected chi connectivity index (χ3v) is 3.74. The summed E-state index contributed by atoms with van der Waals surface area (Å²) in [6, 6.07) is 2.76. The number of nitrogens with one attached hydrogen (secondary N) is 1. The molecule has 3 amide bonds. The average molecular weight is 279 g/mol. The molecule has 0 radical (unpaired) electrons. The highest BCUT2D eigenvalue weighted by molar-refractivity contribution is 5.98. The van der Waals surface area contributed by atoms with E-state index in [0.29, 0.717) is 11.3 Å². The Morgan fingerprint density at radius 3 is 2.90 bits per heavy atom. The van der Waals surface area contributed by atoms with E-state index in [2.05, 4.69) is 5.32 Å². The first kappa shape index (κ1) is 14.3. The van der Waals surface area contributed by atoms with Crippen molar-refractivity contribution in [3.05, 3.63) is 29.6 Å². The Morgan fingerprint density at radius 1 is 1.60 bits per heavy atom. The molecule has 1 aliphatic heterocycles. The summed E-state index contributed by atoms with van der Waals surface area (Å²) in [6.07, 6.45) is 0.729. The monoisotopic (exact) mass is 279 g/mol. The molecule has 0 aliphatic carbocycles. The molecule has 0 saturated carbocycles. The van der Waals surface area contributed by atoms with Crippen LogP contribution in [0.1, 0.15) is 25.8 Å². The van der Waals surface area contributed by atoms with Crippen LogP contribution in [0.4, 0.5) is 14.9 Å². The number of urea groups is 1. The van der Waals surface area contributed by atoms with Crippen molar-refractivity contribution in [2.24, 2.45) is 11.7 Å². The third kappa shape index (κ3) is 2.59. The molecule has 1 aliphatic rings. The van der Waals surface area contributed by atoms with E-state index < -0.39 is 17.9 Å². The van der Waals surface area contributed by atoms with Gasteiger partial charge < -0.3 is 16.0 Å². The van der Waals surface area contributed by atoms with E-state index in [-0.39, 0.29) is 18.4 Å². The summed E-state index contributed by atoms with van der Waals surface area (Å²) in [7, 11) is 0. The highest BCUT2D eigenvalue weighted by Gasteiger charge is 2.35. The third-order valence-electron chi connectivity index (χ3n) is 3.74. The van der Waals surface area contributed by atoms with Crippen LogP contribution in [0.3, 0.4) is 0 Å². The van der Waals surface area contributed by atoms with Crippen LogP contribution in [-0.2, 0) is 11.3 Å². The molecule has 2 atom stereocenters. The van der Waals surface area contributed by atoms with Crippen LogP contribution < -0.4 is 11.1 Å². The van der Waals surface area contributed by atoms with Crippen molar-refractivity contribution < 1.29 is 14.0 Å². The van der Waals surface area contributed by atoms with E-state index in [0.717, 1.165) is 6.42 Å². The molecule has 0 aromatic heterocycles. The van der Waals surface area contributed by atoms with Crippen LogP contribution in [0.15, 0.2) is 18.2 Å². The van der Waals surface area contributed by atoms with Crippen LogP contribution in [0, 0.1) is 11.7 Å². The number of hydrogen-bond donors (Lipinski definition) is 2. The molecule has 0 bridgehead atoms. The Kier molecular flexibility index (Phi) is 3.92. The summed E-state index contributed by atoms with van der Waals surface area (Å²) in [4.78, 5) is 25.3. The van der Waals surface area contributed by atoms with Gasteiger partial charge in [-0.1, -0.05) is 20.3 Å². The lowest BCUT2D eigenvalue weighted by molar-refractivity contribution is -0.121. The van der Waals surface area contributed by atoms with Gasteiger partial charge in [0.05, 0.1) is 6.54 Å². The summed E-state index contributed by atoms with van der Waals surface area (Å²) in [5.41, 5.74) is 6.46. The predicted octanol–water partition coefficient (Wildman–Crippen LogP) is 2.07. The van der Waals surface area contributed by atoms with Gasteiger partial charge >= 0.3 is 6.03 Å². The molecular formula is C14H18FN3O2. The zero-order valence-corrected chi connectivity index (χ0v) is 11.5. The van der Waals surface area contributed by atoms with E-state index >= 15 is 0 Å². The molecule has 108 valence electrons. The SMILES string of the molecule is CC[C@H](C)[C@H]1C(=O)Nc2ccc(F)cc2CN1C(N)=O. The summed E-state index contributed by atoms with van der Waals surface area (Å²) < 4.78 is 13.3. The lowest BCUT2D eigenvalue weighted by atomic mass is 9.97. The average Bonchev–Trinajstić information content (AvgIpc) is 2.53. The quantitative estimate of drug-likeness (QED) is 0.869. The summed E-state index contributed by atoms with van der Waals surface area (Å²) in [5, 5.41) is 2.74. The maximum Gasteiger partial charge on any atom is 0.315 e. The fourth-order valence-corrected chi connectivity index (χ4v) is 2.45. The Bertz CT molecular complexity index is 547. The lowest BCUT2D eigenvalue weighted by Gasteiger charge is -2.30. The number of benzene rings is 1. The summed E-state index contributed by atoms with van der Waals surface area (Å²) in [6.45, 7) is 3.95. The van der Waals surface area contributed by atoms with Crippen molar-refractivity contribution in [1.82, 2.24) is 4.90 Å². The van der Waals surface area contributed by atoms with Crippen molar-refractivity contribution in [2.75, 3.05) is 5.32 Å². The van der Waals surface area contributed by atoms with E-state index in [9.17, 15) is 14.0 Å². The Morgan fingerprint density at radius 2 is 2.30 bits per heavy atom. The number of hydrogen-bond acceptors (Lipinski definition) is 2. The van der Waals surface area contributed by atoms with Gasteiger partial charge in [0.25, 0.3) is 0 Å². The maximum absolute atomic E-state index is 13.3. The van der Waals surface area contributed by atoms with Crippen LogP contribution in [-0.4, -0.2) is 22.9 Å². The number of nitrogens with two attached hydrogens (primary N) is 1. The van der Waals surface area contributed by atoms with E-state index in [1.165, 1.54) is 23.1 Å². The summed E-state index contributed by atoms with van der Waals surface area (Å²) in [5.74, 6) is -0.741. The number of anilines is 1. The number of fused-ring (bicyclic) bond motifs is 1. The van der Waals surface area contributed by atoms with Crippen LogP contribution >= 0.6 is 0 Å². The Hall–Kier alpha value is -2.11. The molecule has 0 fully saturated rings. The van der Waals surface area contributed by atoms with Gasteiger partial charge in [-0.2, -0.15) is 0 Å². The van der Waals surface area contributed by atoms with Crippen molar-refractivity contribution in [1.29, 1.82) is 0 Å². The highest BCUT2D eigenvalue weighted by Crippen LogP contribution is 2.27. The molecule has 20 heavy (non-hydrogen) atoms. The molecule has 3 N–H and O–H groups in total. The summed E-state index contributed by atoms with van der Waals surface area (Å²) >= 11 is 0. The molecule has 0 unspecified atom stereocenters. The minimum atomic E-state index is -0.678. The second-order valence-corrected chi connectivity index (χ2v) is 5.09. The zero-order valence-electron chi connectivity index (χ0n) is 11.5.